The van der Waals surface area contributed by atoms with E-state index in [0.29, 0.717) is 12.5 Å². The van der Waals surface area contributed by atoms with Gasteiger partial charge in [-0.25, -0.2) is 4.79 Å². The molecule has 1 unspecified atom stereocenters. The third kappa shape index (κ3) is 2.07. The van der Waals surface area contributed by atoms with Crippen LogP contribution in [0.25, 0.3) is 0 Å². The number of likely N-dealkylation sites (N-methyl/N-ethyl adjacent to an activating group) is 1. The van der Waals surface area contributed by atoms with Gasteiger partial charge in [-0.2, -0.15) is 9.78 Å². The molecule has 2 rings (SSSR count). The van der Waals surface area contributed by atoms with Gasteiger partial charge in [0.15, 0.2) is 0 Å². The Kier molecular flexibility index (Phi) is 3.19. The van der Waals surface area contributed by atoms with Crippen LogP contribution in [0.3, 0.4) is 0 Å². The van der Waals surface area contributed by atoms with Crippen molar-refractivity contribution in [2.24, 2.45) is 0 Å². The van der Waals surface area contributed by atoms with Crippen LogP contribution in [-0.2, 0) is 11.2 Å². The first kappa shape index (κ1) is 12.1. The number of hydrogen-bond acceptors (Lipinski definition) is 3. The maximum absolute atomic E-state index is 12.1. The van der Waals surface area contributed by atoms with Crippen molar-refractivity contribution in [3.05, 3.63) is 17.5 Å². The first-order chi connectivity index (χ1) is 8.04. The van der Waals surface area contributed by atoms with Crippen LogP contribution in [0.5, 0.6) is 0 Å². The maximum atomic E-state index is 12.1. The number of methoxy groups -OCH3 is 1. The number of nitrogens with zero attached hydrogens (tertiary/aromatic N) is 3. The molecular formula is C12H19N3O2. The van der Waals surface area contributed by atoms with Gasteiger partial charge >= 0.3 is 6.03 Å². The molecule has 2 heterocycles. The summed E-state index contributed by atoms with van der Waals surface area (Å²) < 4.78 is 6.66. The molecule has 0 bridgehead atoms. The van der Waals surface area contributed by atoms with Gasteiger partial charge in [0.25, 0.3) is 0 Å². The molecule has 0 spiro atoms. The fourth-order valence-corrected chi connectivity index (χ4v) is 2.08. The number of aromatic nitrogens is 2. The zero-order valence-corrected chi connectivity index (χ0v) is 10.8. The molecule has 0 radical (unpaired) electrons. The summed E-state index contributed by atoms with van der Waals surface area (Å²) >= 11 is 0. The summed E-state index contributed by atoms with van der Waals surface area (Å²) in [6.45, 7) is 4.72. The second-order valence-corrected chi connectivity index (χ2v) is 4.83. The molecule has 1 aromatic rings. The SMILES string of the molecule is COCC1Cc2cc(C(C)C)nn2C(=O)N1C. The minimum Gasteiger partial charge on any atom is -0.383 e. The molecule has 5 heteroatoms. The summed E-state index contributed by atoms with van der Waals surface area (Å²) in [7, 11) is 3.45. The van der Waals surface area contributed by atoms with Crippen LogP contribution in [-0.4, -0.2) is 47.5 Å². The second-order valence-electron chi connectivity index (χ2n) is 4.83. The average molecular weight is 237 g/mol. The highest BCUT2D eigenvalue weighted by atomic mass is 16.5. The Morgan fingerprint density at radius 1 is 1.59 bits per heavy atom. The van der Waals surface area contributed by atoms with E-state index in [0.717, 1.165) is 17.8 Å². The molecule has 0 saturated heterocycles. The highest BCUT2D eigenvalue weighted by molar-refractivity contribution is 5.78. The standard InChI is InChI=1S/C12H19N3O2/c1-8(2)11-6-9-5-10(7-17-4)14(3)12(16)15(9)13-11/h6,8,10H,5,7H2,1-4H3. The Hall–Kier alpha value is -1.36. The van der Waals surface area contributed by atoms with E-state index in [1.807, 2.05) is 6.07 Å². The Bertz CT molecular complexity index is 425. The molecule has 1 atom stereocenters. The fraction of sp³-hybridized carbons (Fsp3) is 0.667. The van der Waals surface area contributed by atoms with Crippen molar-refractivity contribution in [2.75, 3.05) is 20.8 Å². The zero-order valence-electron chi connectivity index (χ0n) is 10.8. The van der Waals surface area contributed by atoms with E-state index in [4.69, 9.17) is 4.74 Å². The Morgan fingerprint density at radius 3 is 2.88 bits per heavy atom. The summed E-state index contributed by atoms with van der Waals surface area (Å²) in [6.07, 6.45) is 0.801. The van der Waals surface area contributed by atoms with Gasteiger partial charge in [0.05, 0.1) is 24.0 Å². The predicted octanol–water partition coefficient (Wildman–Crippen LogP) is 1.48. The number of carbonyl (C=O) groups excluding carboxylic acids is 1. The molecule has 0 aliphatic carbocycles. The van der Waals surface area contributed by atoms with E-state index in [2.05, 4.69) is 18.9 Å². The first-order valence-electron chi connectivity index (χ1n) is 5.89. The molecule has 0 saturated carbocycles. The highest BCUT2D eigenvalue weighted by Crippen LogP contribution is 2.21. The molecule has 1 aliphatic heterocycles. The van der Waals surface area contributed by atoms with Crippen LogP contribution in [0.2, 0.25) is 0 Å². The van der Waals surface area contributed by atoms with E-state index in [9.17, 15) is 4.79 Å². The van der Waals surface area contributed by atoms with E-state index in [1.54, 1.807) is 19.1 Å². The Balaban J connectivity index is 2.32. The van der Waals surface area contributed by atoms with Crippen LogP contribution in [0.15, 0.2) is 6.07 Å². The van der Waals surface area contributed by atoms with Crippen LogP contribution >= 0.6 is 0 Å². The van der Waals surface area contributed by atoms with Gasteiger partial charge < -0.3 is 9.64 Å². The number of carbonyl (C=O) groups is 1. The summed E-state index contributed by atoms with van der Waals surface area (Å²) in [6, 6.07) is 2.06. The lowest BCUT2D eigenvalue weighted by molar-refractivity contribution is 0.106. The molecule has 1 amide bonds. The number of rotatable bonds is 3. The normalized spacial score (nSPS) is 19.9. The van der Waals surface area contributed by atoms with Gasteiger partial charge in [0.1, 0.15) is 0 Å². The smallest absolute Gasteiger partial charge is 0.344 e. The zero-order chi connectivity index (χ0) is 12.6. The molecule has 17 heavy (non-hydrogen) atoms. The average Bonchev–Trinajstić information content (AvgIpc) is 2.70. The van der Waals surface area contributed by atoms with Crippen molar-refractivity contribution in [3.63, 3.8) is 0 Å². The van der Waals surface area contributed by atoms with E-state index < -0.39 is 0 Å². The molecule has 1 aliphatic rings. The van der Waals surface area contributed by atoms with Crippen LogP contribution in [0.4, 0.5) is 4.79 Å². The molecule has 0 fully saturated rings. The Morgan fingerprint density at radius 2 is 2.29 bits per heavy atom. The van der Waals surface area contributed by atoms with Crippen LogP contribution < -0.4 is 0 Å². The van der Waals surface area contributed by atoms with E-state index >= 15 is 0 Å². The van der Waals surface area contributed by atoms with E-state index in [-0.39, 0.29) is 12.1 Å². The predicted molar refractivity (Wildman–Crippen MR) is 64.2 cm³/mol. The van der Waals surface area contributed by atoms with Crippen molar-refractivity contribution in [3.8, 4) is 0 Å². The van der Waals surface area contributed by atoms with E-state index in [1.165, 1.54) is 4.68 Å². The minimum absolute atomic E-state index is 0.0693. The lowest BCUT2D eigenvalue weighted by Crippen LogP contribution is -2.48. The first-order valence-corrected chi connectivity index (χ1v) is 5.89. The van der Waals surface area contributed by atoms with Crippen molar-refractivity contribution in [2.45, 2.75) is 32.2 Å². The van der Waals surface area contributed by atoms with Gasteiger partial charge in [-0.15, -0.1) is 0 Å². The largest absolute Gasteiger partial charge is 0.383 e. The number of fused-ring (bicyclic) bond motifs is 1. The molecule has 1 aromatic heterocycles. The second kappa shape index (κ2) is 4.49. The van der Waals surface area contributed by atoms with Gasteiger partial charge in [0.2, 0.25) is 0 Å². The quantitative estimate of drug-likeness (QED) is 0.800. The van der Waals surface area contributed by atoms with Crippen molar-refractivity contribution >= 4 is 6.03 Å². The van der Waals surface area contributed by atoms with Crippen LogP contribution in [0.1, 0.15) is 31.2 Å². The monoisotopic (exact) mass is 237 g/mol. The van der Waals surface area contributed by atoms with Crippen LogP contribution in [0, 0.1) is 0 Å². The summed E-state index contributed by atoms with van der Waals surface area (Å²) in [4.78, 5) is 13.8. The highest BCUT2D eigenvalue weighted by Gasteiger charge is 2.31. The third-order valence-corrected chi connectivity index (χ3v) is 3.23. The van der Waals surface area contributed by atoms with Gasteiger partial charge in [-0.05, 0) is 12.0 Å². The van der Waals surface area contributed by atoms with Gasteiger partial charge in [-0.3, -0.25) is 0 Å². The molecule has 0 aromatic carbocycles. The number of amides is 1. The van der Waals surface area contributed by atoms with Gasteiger partial charge in [-0.1, -0.05) is 13.8 Å². The van der Waals surface area contributed by atoms with Crippen molar-refractivity contribution < 1.29 is 9.53 Å². The summed E-state index contributed by atoms with van der Waals surface area (Å²) in [5.74, 6) is 0.340. The number of ether oxygens (including phenoxy) is 1. The lowest BCUT2D eigenvalue weighted by atomic mass is 10.1. The molecular weight excluding hydrogens is 218 g/mol. The fourth-order valence-electron chi connectivity index (χ4n) is 2.08. The maximum Gasteiger partial charge on any atom is 0.344 e. The molecule has 94 valence electrons. The molecule has 5 nitrogen and oxygen atoms in total. The van der Waals surface area contributed by atoms with Crippen molar-refractivity contribution in [1.29, 1.82) is 0 Å². The third-order valence-electron chi connectivity index (χ3n) is 3.23. The Labute approximate surface area is 101 Å². The number of hydrogen-bond donors (Lipinski definition) is 0. The molecule has 0 N–H and O–H groups in total. The summed E-state index contributed by atoms with van der Waals surface area (Å²) in [5.41, 5.74) is 1.96. The van der Waals surface area contributed by atoms with Gasteiger partial charge in [0, 0.05) is 20.6 Å². The topological polar surface area (TPSA) is 47.4 Å². The lowest BCUT2D eigenvalue weighted by Gasteiger charge is -2.31. The minimum atomic E-state index is -0.0693. The van der Waals surface area contributed by atoms with Crippen molar-refractivity contribution in [1.82, 2.24) is 14.7 Å². The summed E-state index contributed by atoms with van der Waals surface area (Å²) in [5, 5.41) is 4.36.